The second-order valence-corrected chi connectivity index (χ2v) is 7.39. The summed E-state index contributed by atoms with van der Waals surface area (Å²) in [6.07, 6.45) is -0.0163. The summed E-state index contributed by atoms with van der Waals surface area (Å²) in [6.45, 7) is 0. The van der Waals surface area contributed by atoms with Gasteiger partial charge in [-0.25, -0.2) is 8.42 Å². The van der Waals surface area contributed by atoms with Gasteiger partial charge >= 0.3 is 5.97 Å². The van der Waals surface area contributed by atoms with E-state index >= 15 is 0 Å². The average molecular weight is 354 g/mol. The van der Waals surface area contributed by atoms with E-state index in [0.29, 0.717) is 10.6 Å². The molecule has 0 aliphatic heterocycles. The zero-order chi connectivity index (χ0) is 17.0. The van der Waals surface area contributed by atoms with Crippen LogP contribution in [-0.4, -0.2) is 36.9 Å². The van der Waals surface area contributed by atoms with Crippen LogP contribution in [-0.2, 0) is 21.2 Å². The zero-order valence-electron chi connectivity index (χ0n) is 12.4. The quantitative estimate of drug-likeness (QED) is 0.866. The highest BCUT2D eigenvalue weighted by molar-refractivity contribution is 7.89. The van der Waals surface area contributed by atoms with Gasteiger partial charge in [-0.2, -0.15) is 4.31 Å². The van der Waals surface area contributed by atoms with Crippen molar-refractivity contribution in [1.29, 1.82) is 0 Å². The van der Waals surface area contributed by atoms with Gasteiger partial charge in [0, 0.05) is 18.5 Å². The Morgan fingerprint density at radius 1 is 1.13 bits per heavy atom. The van der Waals surface area contributed by atoms with Gasteiger partial charge in [-0.3, -0.25) is 4.79 Å². The van der Waals surface area contributed by atoms with Gasteiger partial charge in [-0.1, -0.05) is 48.0 Å². The summed E-state index contributed by atoms with van der Waals surface area (Å²) in [5.41, 5.74) is 0.580. The highest BCUT2D eigenvalue weighted by Crippen LogP contribution is 2.22. The Hall–Kier alpha value is -1.89. The average Bonchev–Trinajstić information content (AvgIpc) is 2.54. The van der Waals surface area contributed by atoms with E-state index in [-0.39, 0.29) is 11.3 Å². The van der Waals surface area contributed by atoms with E-state index in [1.165, 1.54) is 19.2 Å². The minimum absolute atomic E-state index is 0.0163. The van der Waals surface area contributed by atoms with Gasteiger partial charge in [0.15, 0.2) is 0 Å². The molecule has 1 atom stereocenters. The number of aliphatic carboxylic acids is 1. The van der Waals surface area contributed by atoms with Crippen LogP contribution in [0.2, 0.25) is 5.02 Å². The number of benzene rings is 2. The third kappa shape index (κ3) is 3.90. The Morgan fingerprint density at radius 2 is 1.70 bits per heavy atom. The molecule has 0 aromatic heterocycles. The summed E-state index contributed by atoms with van der Waals surface area (Å²) >= 11 is 6.05. The Labute approximate surface area is 140 Å². The van der Waals surface area contributed by atoms with Crippen LogP contribution in [0, 0.1) is 0 Å². The van der Waals surface area contributed by atoms with Crippen molar-refractivity contribution in [2.24, 2.45) is 0 Å². The van der Waals surface area contributed by atoms with E-state index in [4.69, 9.17) is 11.6 Å². The molecule has 7 heteroatoms. The molecule has 0 fully saturated rings. The van der Waals surface area contributed by atoms with Crippen molar-refractivity contribution in [1.82, 2.24) is 4.31 Å². The molecule has 2 rings (SSSR count). The molecular formula is C16H16ClNO4S. The minimum Gasteiger partial charge on any atom is -0.480 e. The smallest absolute Gasteiger partial charge is 0.322 e. The number of carbonyl (C=O) groups is 1. The van der Waals surface area contributed by atoms with Crippen LogP contribution in [0.3, 0.4) is 0 Å². The molecule has 0 saturated heterocycles. The molecule has 1 N–H and O–H groups in total. The van der Waals surface area contributed by atoms with E-state index in [9.17, 15) is 18.3 Å². The fourth-order valence-corrected chi connectivity index (χ4v) is 3.72. The third-order valence-electron chi connectivity index (χ3n) is 3.52. The molecule has 5 nitrogen and oxygen atoms in total. The summed E-state index contributed by atoms with van der Waals surface area (Å²) in [4.78, 5) is 11.6. The van der Waals surface area contributed by atoms with Crippen molar-refractivity contribution < 1.29 is 18.3 Å². The normalized spacial score (nSPS) is 13.0. The summed E-state index contributed by atoms with van der Waals surface area (Å²) in [6, 6.07) is 13.3. The zero-order valence-corrected chi connectivity index (χ0v) is 14.0. The number of halogens is 1. The number of hydrogen-bond donors (Lipinski definition) is 1. The van der Waals surface area contributed by atoms with Gasteiger partial charge in [0.1, 0.15) is 6.04 Å². The van der Waals surface area contributed by atoms with Crippen molar-refractivity contribution in [2.75, 3.05) is 7.05 Å². The van der Waals surface area contributed by atoms with Crippen molar-refractivity contribution >= 4 is 27.6 Å². The molecule has 122 valence electrons. The lowest BCUT2D eigenvalue weighted by Crippen LogP contribution is -2.43. The van der Waals surface area contributed by atoms with Crippen LogP contribution in [0.1, 0.15) is 5.56 Å². The van der Waals surface area contributed by atoms with Crippen LogP contribution < -0.4 is 0 Å². The summed E-state index contributed by atoms with van der Waals surface area (Å²) in [7, 11) is -2.64. The minimum atomic E-state index is -3.91. The van der Waals surface area contributed by atoms with Crippen molar-refractivity contribution in [3.8, 4) is 0 Å². The number of nitrogens with zero attached hydrogens (tertiary/aromatic N) is 1. The molecule has 0 bridgehead atoms. The van der Waals surface area contributed by atoms with Gasteiger partial charge in [-0.05, 0) is 23.8 Å². The topological polar surface area (TPSA) is 74.7 Å². The highest BCUT2D eigenvalue weighted by Gasteiger charge is 2.33. The predicted molar refractivity (Wildman–Crippen MR) is 88.0 cm³/mol. The molecule has 0 amide bonds. The summed E-state index contributed by atoms with van der Waals surface area (Å²) < 4.78 is 26.0. The molecule has 23 heavy (non-hydrogen) atoms. The first-order valence-corrected chi connectivity index (χ1v) is 8.65. The molecule has 0 aliphatic carbocycles. The lowest BCUT2D eigenvalue weighted by atomic mass is 10.1. The first-order valence-electron chi connectivity index (χ1n) is 6.83. The largest absolute Gasteiger partial charge is 0.480 e. The van der Waals surface area contributed by atoms with Crippen LogP contribution in [0.25, 0.3) is 0 Å². The second kappa shape index (κ2) is 7.12. The van der Waals surface area contributed by atoms with Crippen molar-refractivity contribution in [3.05, 3.63) is 65.2 Å². The van der Waals surface area contributed by atoms with E-state index in [2.05, 4.69) is 0 Å². The fraction of sp³-hybridized carbons (Fsp3) is 0.188. The Kier molecular flexibility index (Phi) is 5.41. The van der Waals surface area contributed by atoms with Gasteiger partial charge in [0.05, 0.1) is 4.90 Å². The van der Waals surface area contributed by atoms with E-state index in [0.717, 1.165) is 4.31 Å². The van der Waals surface area contributed by atoms with Crippen molar-refractivity contribution in [3.63, 3.8) is 0 Å². The second-order valence-electron chi connectivity index (χ2n) is 4.98. The van der Waals surface area contributed by atoms with E-state index < -0.39 is 22.0 Å². The molecule has 0 saturated carbocycles. The van der Waals surface area contributed by atoms with Crippen LogP contribution in [0.5, 0.6) is 0 Å². The van der Waals surface area contributed by atoms with E-state index in [1.54, 1.807) is 42.5 Å². The molecular weight excluding hydrogens is 338 g/mol. The first-order chi connectivity index (χ1) is 10.8. The Morgan fingerprint density at radius 3 is 2.26 bits per heavy atom. The Balaban J connectivity index is 2.35. The number of rotatable bonds is 6. The van der Waals surface area contributed by atoms with Gasteiger partial charge in [0.2, 0.25) is 10.0 Å². The van der Waals surface area contributed by atoms with Crippen LogP contribution in [0.4, 0.5) is 0 Å². The molecule has 1 unspecified atom stereocenters. The fourth-order valence-electron chi connectivity index (χ4n) is 2.17. The number of carboxylic acids is 1. The maximum Gasteiger partial charge on any atom is 0.322 e. The molecule has 2 aromatic rings. The highest BCUT2D eigenvalue weighted by atomic mass is 35.5. The maximum atomic E-state index is 12.6. The van der Waals surface area contributed by atoms with E-state index in [1.807, 2.05) is 0 Å². The summed E-state index contributed by atoms with van der Waals surface area (Å²) in [5, 5.41) is 9.86. The lowest BCUT2D eigenvalue weighted by molar-refractivity contribution is -0.141. The Bertz CT molecular complexity index is 793. The third-order valence-corrected chi connectivity index (χ3v) is 5.76. The van der Waals surface area contributed by atoms with Crippen LogP contribution >= 0.6 is 11.6 Å². The monoisotopic (exact) mass is 353 g/mol. The SMILES string of the molecule is CN(C(Cc1ccccc1Cl)C(=O)O)S(=O)(=O)c1ccccc1. The molecule has 0 radical (unpaired) electrons. The predicted octanol–water partition coefficient (Wildman–Crippen LogP) is 2.66. The van der Waals surface area contributed by atoms with Crippen molar-refractivity contribution in [2.45, 2.75) is 17.4 Å². The van der Waals surface area contributed by atoms with Gasteiger partial charge in [-0.15, -0.1) is 0 Å². The number of sulfonamides is 1. The maximum absolute atomic E-state index is 12.6. The molecule has 0 aliphatic rings. The molecule has 2 aromatic carbocycles. The van der Waals surface area contributed by atoms with Gasteiger partial charge < -0.3 is 5.11 Å². The first kappa shape index (κ1) is 17.5. The molecule has 0 spiro atoms. The lowest BCUT2D eigenvalue weighted by Gasteiger charge is -2.24. The number of hydrogen-bond acceptors (Lipinski definition) is 3. The number of likely N-dealkylation sites (N-methyl/N-ethyl adjacent to an activating group) is 1. The van der Waals surface area contributed by atoms with Gasteiger partial charge in [0.25, 0.3) is 0 Å². The number of carboxylic acid groups (broad SMARTS) is 1. The van der Waals surface area contributed by atoms with Crippen LogP contribution in [0.15, 0.2) is 59.5 Å². The standard InChI is InChI=1S/C16H16ClNO4S/c1-18(23(21,22)13-8-3-2-4-9-13)15(16(19)20)11-12-7-5-6-10-14(12)17/h2-10,15H,11H2,1H3,(H,19,20). The summed E-state index contributed by atoms with van der Waals surface area (Å²) in [5.74, 6) is -1.23. The molecule has 0 heterocycles.